The van der Waals surface area contributed by atoms with E-state index in [4.69, 9.17) is 4.74 Å². The molecule has 0 aromatic heterocycles. The first kappa shape index (κ1) is 20.5. The Kier molecular flexibility index (Phi) is 7.20. The summed E-state index contributed by atoms with van der Waals surface area (Å²) >= 11 is 0. The van der Waals surface area contributed by atoms with E-state index < -0.39 is 0 Å². The Labute approximate surface area is 168 Å². The lowest BCUT2D eigenvalue weighted by Gasteiger charge is -2.35. The fourth-order valence-electron chi connectivity index (χ4n) is 3.84. The van der Waals surface area contributed by atoms with Crippen LogP contribution in [-0.4, -0.2) is 62.7 Å². The van der Waals surface area contributed by atoms with Crippen LogP contribution in [0.4, 0.5) is 0 Å². The van der Waals surface area contributed by atoms with Crippen molar-refractivity contribution in [2.45, 2.75) is 19.0 Å². The van der Waals surface area contributed by atoms with Crippen molar-refractivity contribution in [3.63, 3.8) is 0 Å². The van der Waals surface area contributed by atoms with Gasteiger partial charge in [-0.15, -0.1) is 0 Å². The number of morpholine rings is 1. The van der Waals surface area contributed by atoms with E-state index >= 15 is 0 Å². The number of aryl methyl sites for hydroxylation is 1. The van der Waals surface area contributed by atoms with Crippen LogP contribution in [0.3, 0.4) is 0 Å². The van der Waals surface area contributed by atoms with Crippen molar-refractivity contribution in [3.8, 4) is 0 Å². The summed E-state index contributed by atoms with van der Waals surface area (Å²) in [5, 5.41) is 3.21. The highest BCUT2D eigenvalue weighted by molar-refractivity contribution is 5.83. The average molecular weight is 382 g/mol. The first-order valence-electron chi connectivity index (χ1n) is 9.93. The Morgan fingerprint density at radius 2 is 1.75 bits per heavy atom. The fraction of sp³-hybridized carbons (Fsp3) is 0.435. The molecule has 1 saturated heterocycles. The van der Waals surface area contributed by atoms with Gasteiger partial charge in [0.15, 0.2) is 0 Å². The van der Waals surface area contributed by atoms with Crippen LogP contribution in [0.2, 0.25) is 0 Å². The van der Waals surface area contributed by atoms with Gasteiger partial charge in [0.1, 0.15) is 6.04 Å². The summed E-state index contributed by atoms with van der Waals surface area (Å²) in [5.41, 5.74) is 3.48. The second kappa shape index (κ2) is 9.82. The van der Waals surface area contributed by atoms with Crippen molar-refractivity contribution >= 4 is 5.91 Å². The Morgan fingerprint density at radius 1 is 1.07 bits per heavy atom. The van der Waals surface area contributed by atoms with Crippen LogP contribution in [0.15, 0.2) is 54.6 Å². The van der Waals surface area contributed by atoms with Crippen LogP contribution in [0.25, 0.3) is 0 Å². The van der Waals surface area contributed by atoms with Gasteiger partial charge in [0.05, 0.1) is 19.3 Å². The van der Waals surface area contributed by atoms with Crippen molar-refractivity contribution in [2.75, 3.05) is 46.9 Å². The molecule has 2 aromatic rings. The molecule has 1 N–H and O–H groups in total. The maximum absolute atomic E-state index is 13.1. The molecule has 1 aliphatic heterocycles. The molecular weight excluding hydrogens is 350 g/mol. The highest BCUT2D eigenvalue weighted by Crippen LogP contribution is 2.23. The topological polar surface area (TPSA) is 44.8 Å². The van der Waals surface area contributed by atoms with E-state index in [1.165, 1.54) is 11.1 Å². The normalized spacial score (nSPS) is 17.3. The highest BCUT2D eigenvalue weighted by Gasteiger charge is 2.27. The number of carbonyl (C=O) groups is 1. The van der Waals surface area contributed by atoms with Crippen LogP contribution < -0.4 is 5.32 Å². The largest absolute Gasteiger partial charge is 0.379 e. The summed E-state index contributed by atoms with van der Waals surface area (Å²) in [6.45, 7) is 5.92. The maximum Gasteiger partial charge on any atom is 0.242 e. The molecule has 28 heavy (non-hydrogen) atoms. The van der Waals surface area contributed by atoms with Gasteiger partial charge in [0.2, 0.25) is 5.91 Å². The summed E-state index contributed by atoms with van der Waals surface area (Å²) in [7, 11) is 3.88. The summed E-state index contributed by atoms with van der Waals surface area (Å²) in [6, 6.07) is 18.3. The number of hydrogen-bond donors (Lipinski definition) is 1. The molecule has 0 aliphatic carbocycles. The lowest BCUT2D eigenvalue weighted by molar-refractivity contribution is -0.126. The minimum atomic E-state index is -0.302. The smallest absolute Gasteiger partial charge is 0.242 e. The molecule has 1 fully saturated rings. The van der Waals surface area contributed by atoms with Crippen molar-refractivity contribution in [1.82, 2.24) is 15.1 Å². The molecule has 0 spiro atoms. The monoisotopic (exact) mass is 381 g/mol. The quantitative estimate of drug-likeness (QED) is 0.801. The zero-order valence-corrected chi connectivity index (χ0v) is 17.1. The number of rotatable bonds is 7. The molecule has 3 rings (SSSR count). The minimum Gasteiger partial charge on any atom is -0.379 e. The zero-order chi connectivity index (χ0) is 19.9. The summed E-state index contributed by atoms with van der Waals surface area (Å²) < 4.78 is 5.53. The van der Waals surface area contributed by atoms with Gasteiger partial charge in [-0.3, -0.25) is 14.6 Å². The van der Waals surface area contributed by atoms with Crippen molar-refractivity contribution in [2.24, 2.45) is 0 Å². The number of likely N-dealkylation sites (N-methyl/N-ethyl adjacent to an activating group) is 1. The maximum atomic E-state index is 13.1. The molecule has 2 aromatic carbocycles. The van der Waals surface area contributed by atoms with Crippen LogP contribution in [0.5, 0.6) is 0 Å². The van der Waals surface area contributed by atoms with Gasteiger partial charge in [-0.1, -0.05) is 60.2 Å². The summed E-state index contributed by atoms with van der Waals surface area (Å²) in [6.07, 6.45) is 0. The molecular formula is C23H31N3O2. The van der Waals surface area contributed by atoms with Crippen molar-refractivity contribution in [3.05, 3.63) is 71.3 Å². The highest BCUT2D eigenvalue weighted by atomic mass is 16.5. The van der Waals surface area contributed by atoms with Gasteiger partial charge in [-0.25, -0.2) is 0 Å². The van der Waals surface area contributed by atoms with Gasteiger partial charge in [-0.05, 0) is 32.1 Å². The van der Waals surface area contributed by atoms with Crippen LogP contribution >= 0.6 is 0 Å². The lowest BCUT2D eigenvalue weighted by atomic mass is 10.0. The number of amides is 1. The van der Waals surface area contributed by atoms with E-state index in [2.05, 4.69) is 41.4 Å². The molecule has 5 nitrogen and oxygen atoms in total. The third kappa shape index (κ3) is 5.19. The minimum absolute atomic E-state index is 0.0297. The molecule has 0 saturated carbocycles. The standard InChI is InChI=1S/C23H31N3O2/c1-18-8-7-11-20(16-18)21(26-12-14-28-15-13-26)17-24-23(27)22(25(2)3)19-9-5-4-6-10-19/h4-11,16,21-22H,12-15,17H2,1-3H3,(H,24,27). The number of nitrogens with zero attached hydrogens (tertiary/aromatic N) is 2. The van der Waals surface area contributed by atoms with Gasteiger partial charge in [-0.2, -0.15) is 0 Å². The van der Waals surface area contributed by atoms with Gasteiger partial charge in [0, 0.05) is 19.6 Å². The SMILES string of the molecule is Cc1cccc(C(CNC(=O)C(c2ccccc2)N(C)C)N2CCOCC2)c1. The predicted octanol–water partition coefficient (Wildman–Crippen LogP) is 2.79. The fourth-order valence-corrected chi connectivity index (χ4v) is 3.84. The van der Waals surface area contributed by atoms with Gasteiger partial charge < -0.3 is 10.1 Å². The lowest BCUT2D eigenvalue weighted by Crippen LogP contribution is -2.45. The van der Waals surface area contributed by atoms with Crippen molar-refractivity contribution in [1.29, 1.82) is 0 Å². The van der Waals surface area contributed by atoms with Crippen LogP contribution in [0.1, 0.15) is 28.8 Å². The molecule has 5 heteroatoms. The van der Waals surface area contributed by atoms with Crippen LogP contribution in [-0.2, 0) is 9.53 Å². The predicted molar refractivity (Wildman–Crippen MR) is 112 cm³/mol. The number of carbonyl (C=O) groups excluding carboxylic acids is 1. The van der Waals surface area contributed by atoms with Gasteiger partial charge >= 0.3 is 0 Å². The molecule has 2 unspecified atom stereocenters. The van der Waals surface area contributed by atoms with E-state index in [0.29, 0.717) is 6.54 Å². The zero-order valence-electron chi connectivity index (χ0n) is 17.1. The molecule has 2 atom stereocenters. The Morgan fingerprint density at radius 3 is 2.39 bits per heavy atom. The van der Waals surface area contributed by atoms with E-state index in [-0.39, 0.29) is 18.0 Å². The Hall–Kier alpha value is -2.21. The van der Waals surface area contributed by atoms with E-state index in [1.54, 1.807) is 0 Å². The van der Waals surface area contributed by atoms with E-state index in [9.17, 15) is 4.79 Å². The molecule has 1 aliphatic rings. The van der Waals surface area contributed by atoms with E-state index in [1.807, 2.05) is 49.3 Å². The number of benzene rings is 2. The molecule has 1 amide bonds. The van der Waals surface area contributed by atoms with E-state index in [0.717, 1.165) is 31.9 Å². The Bertz CT molecular complexity index is 757. The van der Waals surface area contributed by atoms with Gasteiger partial charge in [0.25, 0.3) is 0 Å². The number of hydrogen-bond acceptors (Lipinski definition) is 4. The second-order valence-corrected chi connectivity index (χ2v) is 7.60. The molecule has 150 valence electrons. The average Bonchev–Trinajstić information content (AvgIpc) is 2.70. The van der Waals surface area contributed by atoms with Crippen LogP contribution in [0, 0.1) is 6.92 Å². The first-order valence-corrected chi connectivity index (χ1v) is 9.93. The first-order chi connectivity index (χ1) is 13.6. The summed E-state index contributed by atoms with van der Waals surface area (Å²) in [5.74, 6) is 0.0297. The molecule has 0 bridgehead atoms. The molecule has 1 heterocycles. The number of ether oxygens (including phenoxy) is 1. The second-order valence-electron chi connectivity index (χ2n) is 7.60. The Balaban J connectivity index is 1.75. The third-order valence-corrected chi connectivity index (χ3v) is 5.26. The number of nitrogens with one attached hydrogen (secondary N) is 1. The third-order valence-electron chi connectivity index (χ3n) is 5.26. The molecule has 0 radical (unpaired) electrons. The van der Waals surface area contributed by atoms with Crippen molar-refractivity contribution < 1.29 is 9.53 Å². The summed E-state index contributed by atoms with van der Waals surface area (Å²) in [4.78, 5) is 17.4.